The molecule has 3 N–H and O–H groups in total. The molecule has 1 aromatic carbocycles. The Morgan fingerprint density at radius 1 is 1.22 bits per heavy atom. The van der Waals surface area contributed by atoms with Crippen LogP contribution in [0.15, 0.2) is 30.3 Å². The maximum Gasteiger partial charge on any atom is 0.219 e. The fourth-order valence-electron chi connectivity index (χ4n) is 2.02. The van der Waals surface area contributed by atoms with E-state index < -0.39 is 0 Å². The van der Waals surface area contributed by atoms with E-state index in [2.05, 4.69) is 29.6 Å². The van der Waals surface area contributed by atoms with Gasteiger partial charge in [0, 0.05) is 12.0 Å². The second kappa shape index (κ2) is 7.17. The molecular weight excluding hydrogens is 224 g/mol. The number of nitrogens with one attached hydrogen (secondary N) is 1. The molecule has 3 nitrogen and oxygen atoms in total. The average molecular weight is 248 g/mol. The second-order valence-electron chi connectivity index (χ2n) is 5.40. The Morgan fingerprint density at radius 2 is 1.89 bits per heavy atom. The van der Waals surface area contributed by atoms with Crippen molar-refractivity contribution in [3.63, 3.8) is 0 Å². The number of hydrogen-bond donors (Lipinski definition) is 2. The van der Waals surface area contributed by atoms with Gasteiger partial charge >= 0.3 is 0 Å². The molecule has 1 amide bonds. The standard InChI is InChI=1S/C15H24N2O/c1-15(2,12-14(16)18)17-11-7-6-10-13-8-4-3-5-9-13/h3-5,8-9,17H,6-7,10-12H2,1-2H3,(H2,16,18). The van der Waals surface area contributed by atoms with Crippen LogP contribution in [0.1, 0.15) is 38.7 Å². The van der Waals surface area contributed by atoms with E-state index in [1.54, 1.807) is 0 Å². The van der Waals surface area contributed by atoms with Crippen molar-refractivity contribution in [3.8, 4) is 0 Å². The third kappa shape index (κ3) is 6.40. The van der Waals surface area contributed by atoms with Crippen LogP contribution in [-0.2, 0) is 11.2 Å². The number of carbonyl (C=O) groups excluding carboxylic acids is 1. The zero-order chi connectivity index (χ0) is 13.4. The van der Waals surface area contributed by atoms with Crippen molar-refractivity contribution in [2.75, 3.05) is 6.54 Å². The third-order valence-electron chi connectivity index (χ3n) is 2.95. The molecular formula is C15H24N2O. The summed E-state index contributed by atoms with van der Waals surface area (Å²) >= 11 is 0. The minimum absolute atomic E-state index is 0.196. The monoisotopic (exact) mass is 248 g/mol. The number of nitrogens with two attached hydrogens (primary N) is 1. The number of unbranched alkanes of at least 4 members (excludes halogenated alkanes) is 1. The molecule has 1 aromatic rings. The predicted molar refractivity (Wildman–Crippen MR) is 75.3 cm³/mol. The highest BCUT2D eigenvalue weighted by atomic mass is 16.1. The highest BCUT2D eigenvalue weighted by molar-refractivity contribution is 5.74. The van der Waals surface area contributed by atoms with Gasteiger partial charge in [0.15, 0.2) is 0 Å². The van der Waals surface area contributed by atoms with Crippen LogP contribution in [0, 0.1) is 0 Å². The van der Waals surface area contributed by atoms with Gasteiger partial charge in [-0.1, -0.05) is 30.3 Å². The summed E-state index contributed by atoms with van der Waals surface area (Å²) in [6, 6.07) is 10.5. The van der Waals surface area contributed by atoms with Crippen LogP contribution < -0.4 is 11.1 Å². The third-order valence-corrected chi connectivity index (χ3v) is 2.95. The lowest BCUT2D eigenvalue weighted by molar-refractivity contribution is -0.119. The summed E-state index contributed by atoms with van der Waals surface area (Å²) in [6.45, 7) is 4.94. The first kappa shape index (κ1) is 14.7. The molecule has 100 valence electrons. The Balaban J connectivity index is 2.13. The normalized spacial score (nSPS) is 11.4. The molecule has 18 heavy (non-hydrogen) atoms. The SMILES string of the molecule is CC(C)(CC(N)=O)NCCCCc1ccccc1. The molecule has 0 atom stereocenters. The van der Waals surface area contributed by atoms with Gasteiger partial charge < -0.3 is 11.1 Å². The maximum atomic E-state index is 10.9. The first-order valence-corrected chi connectivity index (χ1v) is 6.57. The van der Waals surface area contributed by atoms with E-state index in [0.717, 1.165) is 25.8 Å². The molecule has 3 heteroatoms. The van der Waals surface area contributed by atoms with E-state index in [4.69, 9.17) is 5.73 Å². The molecule has 0 unspecified atom stereocenters. The first-order chi connectivity index (χ1) is 8.49. The quantitative estimate of drug-likeness (QED) is 0.693. The Hall–Kier alpha value is -1.35. The molecule has 0 aliphatic rings. The number of aryl methyl sites for hydroxylation is 1. The fraction of sp³-hybridized carbons (Fsp3) is 0.533. The van der Waals surface area contributed by atoms with Crippen LogP contribution in [0.5, 0.6) is 0 Å². The largest absolute Gasteiger partial charge is 0.370 e. The molecule has 0 radical (unpaired) electrons. The Labute approximate surface area is 110 Å². The van der Waals surface area contributed by atoms with Gasteiger partial charge in [-0.25, -0.2) is 0 Å². The molecule has 0 aromatic heterocycles. The molecule has 0 saturated carbocycles. The van der Waals surface area contributed by atoms with Crippen molar-refractivity contribution in [1.82, 2.24) is 5.32 Å². The lowest BCUT2D eigenvalue weighted by Crippen LogP contribution is -2.43. The highest BCUT2D eigenvalue weighted by Gasteiger charge is 2.18. The molecule has 0 saturated heterocycles. The summed E-state index contributed by atoms with van der Waals surface area (Å²) < 4.78 is 0. The lowest BCUT2D eigenvalue weighted by Gasteiger charge is -2.24. The molecule has 0 heterocycles. The van der Waals surface area contributed by atoms with Crippen molar-refractivity contribution in [2.24, 2.45) is 5.73 Å². The number of primary amides is 1. The van der Waals surface area contributed by atoms with Gasteiger partial charge in [0.1, 0.15) is 0 Å². The molecule has 0 bridgehead atoms. The number of amides is 1. The van der Waals surface area contributed by atoms with Crippen molar-refractivity contribution in [1.29, 1.82) is 0 Å². The number of hydrogen-bond acceptors (Lipinski definition) is 2. The average Bonchev–Trinajstić information content (AvgIpc) is 2.28. The number of rotatable bonds is 8. The van der Waals surface area contributed by atoms with Crippen LogP contribution in [0.4, 0.5) is 0 Å². The molecule has 0 fully saturated rings. The van der Waals surface area contributed by atoms with Crippen LogP contribution in [0.25, 0.3) is 0 Å². The Bertz CT molecular complexity index is 360. The summed E-state index contributed by atoms with van der Waals surface area (Å²) in [4.78, 5) is 10.9. The fourth-order valence-corrected chi connectivity index (χ4v) is 2.02. The van der Waals surface area contributed by atoms with E-state index in [1.807, 2.05) is 19.9 Å². The zero-order valence-electron chi connectivity index (χ0n) is 11.4. The summed E-state index contributed by atoms with van der Waals surface area (Å²) in [5, 5.41) is 3.38. The number of carbonyl (C=O) groups is 1. The molecule has 0 aliphatic carbocycles. The van der Waals surface area contributed by atoms with Gasteiger partial charge in [-0.3, -0.25) is 4.79 Å². The van der Waals surface area contributed by atoms with Crippen LogP contribution in [0.2, 0.25) is 0 Å². The van der Waals surface area contributed by atoms with Gasteiger partial charge in [-0.15, -0.1) is 0 Å². The summed E-state index contributed by atoms with van der Waals surface area (Å²) in [5.74, 6) is -0.253. The second-order valence-corrected chi connectivity index (χ2v) is 5.40. The van der Waals surface area contributed by atoms with Gasteiger partial charge in [-0.2, -0.15) is 0 Å². The van der Waals surface area contributed by atoms with Crippen LogP contribution >= 0.6 is 0 Å². The highest BCUT2D eigenvalue weighted by Crippen LogP contribution is 2.08. The topological polar surface area (TPSA) is 55.1 Å². The summed E-state index contributed by atoms with van der Waals surface area (Å²) in [7, 11) is 0. The first-order valence-electron chi connectivity index (χ1n) is 6.57. The Kier molecular flexibility index (Phi) is 5.86. The van der Waals surface area contributed by atoms with Crippen LogP contribution in [-0.4, -0.2) is 18.0 Å². The van der Waals surface area contributed by atoms with E-state index in [-0.39, 0.29) is 11.4 Å². The van der Waals surface area contributed by atoms with Crippen molar-refractivity contribution in [2.45, 2.75) is 45.1 Å². The van der Waals surface area contributed by atoms with Crippen molar-refractivity contribution in [3.05, 3.63) is 35.9 Å². The minimum atomic E-state index is -0.253. The van der Waals surface area contributed by atoms with Crippen molar-refractivity contribution >= 4 is 5.91 Å². The smallest absolute Gasteiger partial charge is 0.219 e. The molecule has 1 rings (SSSR count). The summed E-state index contributed by atoms with van der Waals surface area (Å²) in [5.41, 5.74) is 6.39. The van der Waals surface area contributed by atoms with Gasteiger partial charge in [0.05, 0.1) is 0 Å². The van der Waals surface area contributed by atoms with Gasteiger partial charge in [0.2, 0.25) is 5.91 Å². The van der Waals surface area contributed by atoms with Gasteiger partial charge in [-0.05, 0) is 45.2 Å². The summed E-state index contributed by atoms with van der Waals surface area (Å²) in [6.07, 6.45) is 3.76. The van der Waals surface area contributed by atoms with Crippen molar-refractivity contribution < 1.29 is 4.79 Å². The van der Waals surface area contributed by atoms with E-state index in [0.29, 0.717) is 6.42 Å². The van der Waals surface area contributed by atoms with E-state index in [9.17, 15) is 4.79 Å². The van der Waals surface area contributed by atoms with E-state index >= 15 is 0 Å². The predicted octanol–water partition coefficient (Wildman–Crippen LogP) is 2.25. The van der Waals surface area contributed by atoms with Gasteiger partial charge in [0.25, 0.3) is 0 Å². The number of benzene rings is 1. The zero-order valence-corrected chi connectivity index (χ0v) is 11.4. The lowest BCUT2D eigenvalue weighted by atomic mass is 10.00. The minimum Gasteiger partial charge on any atom is -0.370 e. The maximum absolute atomic E-state index is 10.9. The van der Waals surface area contributed by atoms with E-state index in [1.165, 1.54) is 5.56 Å². The molecule has 0 aliphatic heterocycles. The Morgan fingerprint density at radius 3 is 2.50 bits per heavy atom. The van der Waals surface area contributed by atoms with Crippen LogP contribution in [0.3, 0.4) is 0 Å². The molecule has 0 spiro atoms.